The first-order valence-electron chi connectivity index (χ1n) is 10.3. The lowest BCUT2D eigenvalue weighted by Gasteiger charge is -2.38. The van der Waals surface area contributed by atoms with E-state index in [1.54, 1.807) is 12.1 Å². The van der Waals surface area contributed by atoms with Crippen LogP contribution in [-0.2, 0) is 5.41 Å². The van der Waals surface area contributed by atoms with Gasteiger partial charge in [0.1, 0.15) is 0 Å². The van der Waals surface area contributed by atoms with Crippen molar-refractivity contribution in [3.05, 3.63) is 35.4 Å². The highest BCUT2D eigenvalue weighted by atomic mass is 16.4. The smallest absolute Gasteiger partial charge is 0.335 e. The molecule has 1 N–H and O–H groups in total. The van der Waals surface area contributed by atoms with Crippen molar-refractivity contribution in [1.82, 2.24) is 0 Å². The quantitative estimate of drug-likeness (QED) is 0.535. The maximum Gasteiger partial charge on any atom is 0.335 e. The third-order valence-electron chi connectivity index (χ3n) is 4.79. The number of aromatic carboxylic acids is 1. The van der Waals surface area contributed by atoms with Crippen LogP contribution in [0.4, 0.5) is 0 Å². The van der Waals surface area contributed by atoms with Crippen molar-refractivity contribution in [1.29, 1.82) is 0 Å². The first-order valence-corrected chi connectivity index (χ1v) is 10.3. The van der Waals surface area contributed by atoms with E-state index in [0.29, 0.717) is 5.56 Å². The van der Waals surface area contributed by atoms with Crippen LogP contribution in [0.3, 0.4) is 0 Å². The van der Waals surface area contributed by atoms with Crippen LogP contribution in [0.25, 0.3) is 0 Å². The van der Waals surface area contributed by atoms with E-state index in [1.165, 1.54) is 56.3 Å². The first-order chi connectivity index (χ1) is 12.2. The summed E-state index contributed by atoms with van der Waals surface area (Å²) in [6.45, 7) is 21.1. The van der Waals surface area contributed by atoms with Gasteiger partial charge in [0.15, 0.2) is 0 Å². The molecule has 0 heterocycles. The number of carbonyl (C=O) groups is 1. The van der Waals surface area contributed by atoms with Gasteiger partial charge in [0, 0.05) is 0 Å². The fraction of sp³-hybridized carbons (Fsp3) is 0.696. The van der Waals surface area contributed by atoms with E-state index in [9.17, 15) is 4.79 Å². The van der Waals surface area contributed by atoms with Crippen LogP contribution in [-0.4, -0.2) is 41.7 Å². The van der Waals surface area contributed by atoms with Gasteiger partial charge in [-0.3, -0.25) is 0 Å². The predicted molar refractivity (Wildman–Crippen MR) is 113 cm³/mol. The summed E-state index contributed by atoms with van der Waals surface area (Å²) >= 11 is 0. The second-order valence-electron chi connectivity index (χ2n) is 8.37. The molecule has 3 heteroatoms. The topological polar surface area (TPSA) is 37.3 Å². The molecule has 1 aromatic rings. The van der Waals surface area contributed by atoms with Gasteiger partial charge in [0.2, 0.25) is 0 Å². The van der Waals surface area contributed by atoms with E-state index in [-0.39, 0.29) is 5.41 Å². The van der Waals surface area contributed by atoms with Crippen LogP contribution in [0.1, 0.15) is 90.1 Å². The van der Waals surface area contributed by atoms with E-state index in [0.717, 1.165) is 5.56 Å². The molecular formula is C23H42NO2+. The Hall–Kier alpha value is -1.35. The summed E-state index contributed by atoms with van der Waals surface area (Å²) in [6, 6.07) is 7.01. The Morgan fingerprint density at radius 3 is 1.38 bits per heavy atom. The minimum Gasteiger partial charge on any atom is -0.478 e. The van der Waals surface area contributed by atoms with Gasteiger partial charge in [-0.15, -0.1) is 0 Å². The van der Waals surface area contributed by atoms with E-state index in [2.05, 4.69) is 48.5 Å². The minimum absolute atomic E-state index is 0.0804. The van der Waals surface area contributed by atoms with Crippen molar-refractivity contribution in [2.75, 3.05) is 26.2 Å². The Morgan fingerprint density at radius 1 is 0.808 bits per heavy atom. The van der Waals surface area contributed by atoms with Crippen molar-refractivity contribution < 1.29 is 14.4 Å². The Balaban J connectivity index is 0.000000481. The van der Waals surface area contributed by atoms with E-state index >= 15 is 0 Å². The minimum atomic E-state index is -0.875. The van der Waals surface area contributed by atoms with Crippen molar-refractivity contribution in [2.24, 2.45) is 0 Å². The number of hydrogen-bond acceptors (Lipinski definition) is 1. The number of rotatable bonds is 9. The molecule has 1 aromatic carbocycles. The molecule has 0 radical (unpaired) electrons. The molecule has 0 unspecified atom stereocenters. The Morgan fingerprint density at radius 2 is 1.15 bits per heavy atom. The van der Waals surface area contributed by atoms with Crippen LogP contribution in [0.15, 0.2) is 24.3 Å². The van der Waals surface area contributed by atoms with Gasteiger partial charge in [0.05, 0.1) is 31.7 Å². The maximum absolute atomic E-state index is 10.6. The van der Waals surface area contributed by atoms with Crippen LogP contribution in [0.2, 0.25) is 0 Å². The van der Waals surface area contributed by atoms with Gasteiger partial charge in [-0.25, -0.2) is 4.79 Å². The zero-order valence-electron chi connectivity index (χ0n) is 18.3. The standard InChI is InChI=1S/C12H28N.C11H14O2/c1-5-9-13(10-6-2,11-7-3)12-8-4;1-11(2,3)9-6-4-8(5-7-9)10(12)13/h5-12H2,1-4H3;4-7H,1-3H3,(H,12,13)/q+1;. The summed E-state index contributed by atoms with van der Waals surface area (Å²) < 4.78 is 1.38. The molecule has 0 aliphatic carbocycles. The number of hydrogen-bond donors (Lipinski definition) is 1. The number of carboxylic acids is 1. The van der Waals surface area contributed by atoms with E-state index < -0.39 is 5.97 Å². The molecule has 0 aliphatic rings. The van der Waals surface area contributed by atoms with Gasteiger partial charge in [-0.1, -0.05) is 60.6 Å². The van der Waals surface area contributed by atoms with Crippen molar-refractivity contribution in [3.63, 3.8) is 0 Å². The van der Waals surface area contributed by atoms with Crippen molar-refractivity contribution in [2.45, 2.75) is 79.6 Å². The van der Waals surface area contributed by atoms with Gasteiger partial charge in [-0.2, -0.15) is 0 Å². The highest BCUT2D eigenvalue weighted by Crippen LogP contribution is 2.22. The monoisotopic (exact) mass is 364 g/mol. The Labute approximate surface area is 162 Å². The Bertz CT molecular complexity index is 470. The fourth-order valence-corrected chi connectivity index (χ4v) is 3.68. The lowest BCUT2D eigenvalue weighted by Crippen LogP contribution is -2.50. The van der Waals surface area contributed by atoms with Crippen LogP contribution < -0.4 is 0 Å². The highest BCUT2D eigenvalue weighted by molar-refractivity contribution is 5.87. The molecule has 0 saturated carbocycles. The molecule has 26 heavy (non-hydrogen) atoms. The largest absolute Gasteiger partial charge is 0.478 e. The molecule has 1 rings (SSSR count). The van der Waals surface area contributed by atoms with Gasteiger partial charge in [0.25, 0.3) is 0 Å². The van der Waals surface area contributed by atoms with E-state index in [1.807, 2.05) is 12.1 Å². The zero-order valence-corrected chi connectivity index (χ0v) is 18.3. The molecule has 0 aromatic heterocycles. The number of nitrogens with zero attached hydrogens (tertiary/aromatic N) is 1. The van der Waals surface area contributed by atoms with Crippen LogP contribution >= 0.6 is 0 Å². The molecule has 3 nitrogen and oxygen atoms in total. The molecule has 0 amide bonds. The fourth-order valence-electron chi connectivity index (χ4n) is 3.68. The molecule has 150 valence electrons. The molecule has 0 saturated heterocycles. The number of carboxylic acid groups (broad SMARTS) is 1. The summed E-state index contributed by atoms with van der Waals surface area (Å²) in [7, 11) is 0. The molecule has 0 aliphatic heterocycles. The summed E-state index contributed by atoms with van der Waals surface area (Å²) in [5.74, 6) is -0.875. The zero-order chi connectivity index (χ0) is 20.2. The average Bonchev–Trinajstić information content (AvgIpc) is 2.56. The normalized spacial score (nSPS) is 11.7. The molecule has 0 fully saturated rings. The number of quaternary nitrogens is 1. The average molecular weight is 365 g/mol. The first kappa shape index (κ1) is 24.7. The van der Waals surface area contributed by atoms with Crippen LogP contribution in [0.5, 0.6) is 0 Å². The molecule has 0 bridgehead atoms. The van der Waals surface area contributed by atoms with Gasteiger partial charge < -0.3 is 9.59 Å². The number of benzene rings is 1. The second-order valence-corrected chi connectivity index (χ2v) is 8.37. The van der Waals surface area contributed by atoms with Crippen molar-refractivity contribution >= 4 is 5.97 Å². The third-order valence-corrected chi connectivity index (χ3v) is 4.79. The third kappa shape index (κ3) is 8.84. The molecule has 0 atom stereocenters. The van der Waals surface area contributed by atoms with Crippen LogP contribution in [0, 0.1) is 0 Å². The molecular weight excluding hydrogens is 322 g/mol. The summed E-state index contributed by atoms with van der Waals surface area (Å²) in [6.07, 6.45) is 5.33. The highest BCUT2D eigenvalue weighted by Gasteiger charge is 2.22. The SMILES string of the molecule is CC(C)(C)c1ccc(C(=O)O)cc1.CCC[N+](CCC)(CCC)CCC. The Kier molecular flexibility index (Phi) is 11.5. The van der Waals surface area contributed by atoms with Crippen molar-refractivity contribution in [3.8, 4) is 0 Å². The lowest BCUT2D eigenvalue weighted by atomic mass is 9.87. The van der Waals surface area contributed by atoms with E-state index in [4.69, 9.17) is 5.11 Å². The lowest BCUT2D eigenvalue weighted by molar-refractivity contribution is -0.928. The second kappa shape index (κ2) is 12.1. The van der Waals surface area contributed by atoms with Gasteiger partial charge >= 0.3 is 5.97 Å². The van der Waals surface area contributed by atoms with Gasteiger partial charge in [-0.05, 0) is 48.8 Å². The summed E-state index contributed by atoms with van der Waals surface area (Å²) in [4.78, 5) is 10.6. The predicted octanol–water partition coefficient (Wildman–Crippen LogP) is 6.13. The molecule has 0 spiro atoms. The summed E-state index contributed by atoms with van der Waals surface area (Å²) in [5.41, 5.74) is 1.57. The summed E-state index contributed by atoms with van der Waals surface area (Å²) in [5, 5.41) is 8.68. The maximum atomic E-state index is 10.6.